The van der Waals surface area contributed by atoms with E-state index in [-0.39, 0.29) is 29.8 Å². The van der Waals surface area contributed by atoms with E-state index in [0.717, 1.165) is 12.8 Å². The lowest BCUT2D eigenvalue weighted by atomic mass is 10.0. The van der Waals surface area contributed by atoms with Gasteiger partial charge in [0.2, 0.25) is 11.0 Å². The molecule has 154 valence electrons. The van der Waals surface area contributed by atoms with E-state index in [1.807, 2.05) is 0 Å². The number of imidazole rings is 1. The molecule has 29 heavy (non-hydrogen) atoms. The highest BCUT2D eigenvalue weighted by molar-refractivity contribution is 7.89. The zero-order chi connectivity index (χ0) is 20.4. The van der Waals surface area contributed by atoms with Gasteiger partial charge in [0, 0.05) is 19.5 Å². The van der Waals surface area contributed by atoms with Crippen LogP contribution < -0.4 is 5.32 Å². The molecule has 4 rings (SSSR count). The largest absolute Gasteiger partial charge is 0.465 e. The second kappa shape index (κ2) is 7.79. The molecule has 3 N–H and O–H groups in total. The summed E-state index contributed by atoms with van der Waals surface area (Å²) in [6.45, 7) is 0.455. The van der Waals surface area contributed by atoms with Crippen LogP contribution in [0.25, 0.3) is 11.0 Å². The molecule has 3 heterocycles. The van der Waals surface area contributed by atoms with Crippen molar-refractivity contribution in [3.05, 3.63) is 36.0 Å². The molecule has 0 bridgehead atoms. The smallest absolute Gasteiger partial charge is 0.404 e. The first-order valence-electron chi connectivity index (χ1n) is 9.21. The van der Waals surface area contributed by atoms with Gasteiger partial charge >= 0.3 is 6.09 Å². The highest BCUT2D eigenvalue weighted by Crippen LogP contribution is 2.34. The van der Waals surface area contributed by atoms with Crippen molar-refractivity contribution < 1.29 is 22.8 Å². The van der Waals surface area contributed by atoms with Crippen LogP contribution >= 0.6 is 0 Å². The number of carboxylic acid groups (broad SMARTS) is 1. The Morgan fingerprint density at radius 2 is 2.14 bits per heavy atom. The number of amides is 1. The molecule has 11 nitrogen and oxygen atoms in total. The average Bonchev–Trinajstić information content (AvgIpc) is 3.35. The molecule has 1 aromatic carbocycles. The van der Waals surface area contributed by atoms with Gasteiger partial charge in [-0.25, -0.2) is 18.2 Å². The van der Waals surface area contributed by atoms with E-state index < -0.39 is 22.2 Å². The maximum absolute atomic E-state index is 13.3. The fraction of sp³-hybridized carbons (Fsp3) is 0.412. The van der Waals surface area contributed by atoms with Gasteiger partial charge in [-0.05, 0) is 25.0 Å². The minimum Gasteiger partial charge on any atom is -0.465 e. The predicted octanol–water partition coefficient (Wildman–Crippen LogP) is 1.67. The SMILES string of the molecule is O=C(O)NCCc1nc(C2CCCCN2S(=O)(=O)c2nc3ccccc3[nH]2)no1. The third-order valence-electron chi connectivity index (χ3n) is 4.77. The van der Waals surface area contributed by atoms with Crippen LogP contribution in [-0.2, 0) is 16.4 Å². The van der Waals surface area contributed by atoms with Gasteiger partial charge in [0.05, 0.1) is 17.1 Å². The fourth-order valence-electron chi connectivity index (χ4n) is 3.39. The lowest BCUT2D eigenvalue weighted by Gasteiger charge is -2.31. The topological polar surface area (TPSA) is 154 Å². The van der Waals surface area contributed by atoms with Crippen LogP contribution in [-0.4, -0.2) is 57.1 Å². The molecule has 1 aliphatic heterocycles. The first kappa shape index (κ1) is 19.3. The van der Waals surface area contributed by atoms with Crippen LogP contribution in [0, 0.1) is 0 Å². The Morgan fingerprint density at radius 3 is 2.93 bits per heavy atom. The first-order valence-corrected chi connectivity index (χ1v) is 10.6. The highest BCUT2D eigenvalue weighted by atomic mass is 32.2. The number of piperidine rings is 1. The van der Waals surface area contributed by atoms with Gasteiger partial charge in [0.15, 0.2) is 5.82 Å². The summed E-state index contributed by atoms with van der Waals surface area (Å²) in [6, 6.07) is 6.55. The molecule has 3 aromatic rings. The van der Waals surface area contributed by atoms with Crippen LogP contribution in [0.15, 0.2) is 33.9 Å². The molecule has 1 fully saturated rings. The van der Waals surface area contributed by atoms with Gasteiger partial charge in [-0.3, -0.25) is 0 Å². The summed E-state index contributed by atoms with van der Waals surface area (Å²) >= 11 is 0. The summed E-state index contributed by atoms with van der Waals surface area (Å²) in [5, 5.41) is 14.7. The molecule has 1 aliphatic rings. The normalized spacial score (nSPS) is 18.1. The number of hydrogen-bond donors (Lipinski definition) is 3. The zero-order valence-electron chi connectivity index (χ0n) is 15.4. The fourth-order valence-corrected chi connectivity index (χ4v) is 4.97. The van der Waals surface area contributed by atoms with Crippen molar-refractivity contribution >= 4 is 27.1 Å². The predicted molar refractivity (Wildman–Crippen MR) is 101 cm³/mol. The van der Waals surface area contributed by atoms with E-state index in [4.69, 9.17) is 9.63 Å². The molecular formula is C17H20N6O5S. The lowest BCUT2D eigenvalue weighted by molar-refractivity contribution is 0.194. The second-order valence-corrected chi connectivity index (χ2v) is 8.52. The molecule has 0 aliphatic carbocycles. The van der Waals surface area contributed by atoms with Crippen molar-refractivity contribution in [2.24, 2.45) is 0 Å². The average molecular weight is 420 g/mol. The van der Waals surface area contributed by atoms with E-state index in [1.54, 1.807) is 24.3 Å². The summed E-state index contributed by atoms with van der Waals surface area (Å²) < 4.78 is 33.1. The van der Waals surface area contributed by atoms with E-state index in [1.165, 1.54) is 4.31 Å². The molecule has 1 atom stereocenters. The first-order chi connectivity index (χ1) is 13.9. The molecule has 12 heteroatoms. The quantitative estimate of drug-likeness (QED) is 0.544. The third-order valence-corrected chi connectivity index (χ3v) is 6.51. The number of sulfonamides is 1. The number of nitrogens with one attached hydrogen (secondary N) is 2. The van der Waals surface area contributed by atoms with Crippen molar-refractivity contribution in [1.82, 2.24) is 29.7 Å². The van der Waals surface area contributed by atoms with E-state index >= 15 is 0 Å². The molecule has 1 unspecified atom stereocenters. The van der Waals surface area contributed by atoms with Gasteiger partial charge in [-0.2, -0.15) is 9.29 Å². The maximum atomic E-state index is 13.3. The summed E-state index contributed by atoms with van der Waals surface area (Å²) in [5.74, 6) is 0.523. The van der Waals surface area contributed by atoms with Gasteiger partial charge in [0.1, 0.15) is 0 Å². The molecular weight excluding hydrogens is 400 g/mol. The Bertz CT molecular complexity index is 1090. The number of carbonyl (C=O) groups is 1. The summed E-state index contributed by atoms with van der Waals surface area (Å²) in [4.78, 5) is 21.9. The molecule has 0 spiro atoms. The van der Waals surface area contributed by atoms with Crippen molar-refractivity contribution in [2.75, 3.05) is 13.1 Å². The minimum atomic E-state index is -3.89. The van der Waals surface area contributed by atoms with Gasteiger partial charge in [-0.1, -0.05) is 23.7 Å². The Hall–Kier alpha value is -2.99. The maximum Gasteiger partial charge on any atom is 0.404 e. The minimum absolute atomic E-state index is 0.111. The lowest BCUT2D eigenvalue weighted by Crippen LogP contribution is -2.39. The molecule has 0 radical (unpaired) electrons. The third kappa shape index (κ3) is 3.93. The van der Waals surface area contributed by atoms with Crippen LogP contribution in [0.3, 0.4) is 0 Å². The summed E-state index contributed by atoms with van der Waals surface area (Å²) in [5.41, 5.74) is 1.22. The molecule has 1 saturated heterocycles. The summed E-state index contributed by atoms with van der Waals surface area (Å²) in [7, 11) is -3.89. The van der Waals surface area contributed by atoms with E-state index in [0.29, 0.717) is 24.0 Å². The number of rotatable bonds is 6. The van der Waals surface area contributed by atoms with Crippen LogP contribution in [0.4, 0.5) is 4.79 Å². The number of para-hydroxylation sites is 2. The highest BCUT2D eigenvalue weighted by Gasteiger charge is 2.38. The zero-order valence-corrected chi connectivity index (χ0v) is 16.2. The van der Waals surface area contributed by atoms with Gasteiger partial charge < -0.3 is 19.9 Å². The van der Waals surface area contributed by atoms with Crippen LogP contribution in [0.5, 0.6) is 0 Å². The van der Waals surface area contributed by atoms with Crippen LogP contribution in [0.2, 0.25) is 0 Å². The molecule has 2 aromatic heterocycles. The number of aromatic nitrogens is 4. The number of hydrogen-bond acceptors (Lipinski definition) is 7. The van der Waals surface area contributed by atoms with Gasteiger partial charge in [0.25, 0.3) is 10.0 Å². The number of benzene rings is 1. The van der Waals surface area contributed by atoms with Crippen LogP contribution in [0.1, 0.15) is 37.0 Å². The van der Waals surface area contributed by atoms with Crippen molar-refractivity contribution in [3.63, 3.8) is 0 Å². The van der Waals surface area contributed by atoms with Crippen molar-refractivity contribution in [2.45, 2.75) is 36.9 Å². The van der Waals surface area contributed by atoms with E-state index in [2.05, 4.69) is 25.4 Å². The Morgan fingerprint density at radius 1 is 1.31 bits per heavy atom. The van der Waals surface area contributed by atoms with Crippen molar-refractivity contribution in [3.8, 4) is 0 Å². The molecule has 1 amide bonds. The Balaban J connectivity index is 1.58. The van der Waals surface area contributed by atoms with Gasteiger partial charge in [-0.15, -0.1) is 0 Å². The standard InChI is InChI=1S/C17H20N6O5S/c24-17(25)18-9-8-14-21-15(22-28-14)13-7-3-4-10-23(13)29(26,27)16-19-11-5-1-2-6-12(11)20-16/h1-2,5-6,13,18H,3-4,7-10H2,(H,19,20)(H,24,25). The Labute approximate surface area is 166 Å². The monoisotopic (exact) mass is 420 g/mol. The number of H-pyrrole nitrogens is 1. The number of nitrogens with zero attached hydrogens (tertiary/aromatic N) is 4. The summed E-state index contributed by atoms with van der Waals surface area (Å²) in [6.07, 6.45) is 1.21. The molecule has 0 saturated carbocycles. The van der Waals surface area contributed by atoms with Crippen molar-refractivity contribution in [1.29, 1.82) is 0 Å². The second-order valence-electron chi connectivity index (χ2n) is 6.71. The van der Waals surface area contributed by atoms with E-state index in [9.17, 15) is 13.2 Å². The Kier molecular flexibility index (Phi) is 5.20. The number of fused-ring (bicyclic) bond motifs is 1. The number of aromatic amines is 1.